The number of aromatic nitrogens is 3. The number of hydrogen-bond acceptors (Lipinski definition) is 5. The van der Waals surface area contributed by atoms with Crippen LogP contribution in [0.3, 0.4) is 0 Å². The predicted octanol–water partition coefficient (Wildman–Crippen LogP) is 2.92. The van der Waals surface area contributed by atoms with Crippen LogP contribution in [-0.2, 0) is 0 Å². The molecule has 0 aliphatic carbocycles. The van der Waals surface area contributed by atoms with Crippen LogP contribution >= 0.6 is 0 Å². The summed E-state index contributed by atoms with van der Waals surface area (Å²) in [5.41, 5.74) is 6.97. The largest absolute Gasteiger partial charge is 0.377 e. The van der Waals surface area contributed by atoms with Crippen LogP contribution < -0.4 is 11.1 Å². The van der Waals surface area contributed by atoms with E-state index in [9.17, 15) is 9.18 Å². The van der Waals surface area contributed by atoms with Gasteiger partial charge in [-0.15, -0.1) is 0 Å². The van der Waals surface area contributed by atoms with Crippen molar-refractivity contribution in [2.45, 2.75) is 32.5 Å². The molecule has 1 atom stereocenters. The van der Waals surface area contributed by atoms with Crippen LogP contribution in [0.4, 0.5) is 10.1 Å². The van der Waals surface area contributed by atoms with Crippen LogP contribution in [0.5, 0.6) is 0 Å². The molecule has 27 heavy (non-hydrogen) atoms. The van der Waals surface area contributed by atoms with Gasteiger partial charge in [0.1, 0.15) is 17.4 Å². The van der Waals surface area contributed by atoms with Gasteiger partial charge in [0.05, 0.1) is 29.0 Å². The number of fused-ring (bicyclic) bond motifs is 1. The Morgan fingerprint density at radius 2 is 2.15 bits per heavy atom. The first-order chi connectivity index (χ1) is 12.7. The number of carbonyl (C=O) groups excluding carboxylic acids is 1. The number of hydrogen-bond donors (Lipinski definition) is 2. The van der Waals surface area contributed by atoms with Gasteiger partial charge in [0.2, 0.25) is 0 Å². The van der Waals surface area contributed by atoms with Crippen LogP contribution in [0, 0.1) is 11.3 Å². The zero-order valence-electron chi connectivity index (χ0n) is 15.2. The van der Waals surface area contributed by atoms with Gasteiger partial charge in [-0.3, -0.25) is 4.79 Å². The Labute approximate surface area is 155 Å². The van der Waals surface area contributed by atoms with Crippen molar-refractivity contribution < 1.29 is 9.18 Å². The van der Waals surface area contributed by atoms with Gasteiger partial charge in [0.25, 0.3) is 5.91 Å². The Kier molecular flexibility index (Phi) is 4.54. The predicted molar refractivity (Wildman–Crippen MR) is 99.9 cm³/mol. The van der Waals surface area contributed by atoms with Crippen molar-refractivity contribution in [3.8, 4) is 17.2 Å². The van der Waals surface area contributed by atoms with Crippen molar-refractivity contribution in [2.75, 3.05) is 5.32 Å². The lowest BCUT2D eigenvalue weighted by molar-refractivity contribution is 0.1000. The summed E-state index contributed by atoms with van der Waals surface area (Å²) < 4.78 is 15.9. The monoisotopic (exact) mass is 366 g/mol. The molecule has 0 bridgehead atoms. The molecule has 3 rings (SSSR count). The second kappa shape index (κ2) is 6.68. The van der Waals surface area contributed by atoms with E-state index in [-0.39, 0.29) is 5.56 Å². The van der Waals surface area contributed by atoms with Crippen molar-refractivity contribution in [2.24, 2.45) is 5.73 Å². The second-order valence-corrected chi connectivity index (χ2v) is 6.83. The van der Waals surface area contributed by atoms with Crippen LogP contribution in [0.2, 0.25) is 0 Å². The standard InChI is InChI=1S/C19H19FN6O/c1-11(19(2,3)20)25-17-15(18(22)27)9-24-26-10-13(7-16(17)26)12-4-5-23-14(6-12)8-21/h4-7,9-11,25H,1-3H3,(H2,22,27). The summed E-state index contributed by atoms with van der Waals surface area (Å²) in [6.07, 6.45) is 4.66. The fourth-order valence-electron chi connectivity index (χ4n) is 2.61. The Balaban J connectivity index is 2.16. The van der Waals surface area contributed by atoms with Crippen LogP contribution in [-0.4, -0.2) is 32.2 Å². The highest BCUT2D eigenvalue weighted by molar-refractivity contribution is 6.02. The smallest absolute Gasteiger partial charge is 0.252 e. The molecule has 0 aliphatic heterocycles. The third-order valence-electron chi connectivity index (χ3n) is 4.50. The topological polar surface area (TPSA) is 109 Å². The Hall–Kier alpha value is -3.47. The Morgan fingerprint density at radius 1 is 1.41 bits per heavy atom. The maximum Gasteiger partial charge on any atom is 0.252 e. The fourth-order valence-corrected chi connectivity index (χ4v) is 2.61. The first-order valence-corrected chi connectivity index (χ1v) is 8.34. The summed E-state index contributed by atoms with van der Waals surface area (Å²) in [6, 6.07) is 6.65. The fraction of sp³-hybridized carbons (Fsp3) is 0.263. The Bertz CT molecular complexity index is 1060. The number of nitriles is 1. The lowest BCUT2D eigenvalue weighted by Crippen LogP contribution is -2.36. The van der Waals surface area contributed by atoms with E-state index in [0.29, 0.717) is 16.9 Å². The molecule has 0 radical (unpaired) electrons. The van der Waals surface area contributed by atoms with E-state index < -0.39 is 17.6 Å². The van der Waals surface area contributed by atoms with Gasteiger partial charge >= 0.3 is 0 Å². The molecule has 0 aromatic carbocycles. The average molecular weight is 366 g/mol. The molecule has 3 heterocycles. The minimum atomic E-state index is -1.52. The first-order valence-electron chi connectivity index (χ1n) is 8.34. The number of pyridine rings is 1. The Morgan fingerprint density at radius 3 is 2.78 bits per heavy atom. The molecular weight excluding hydrogens is 347 g/mol. The lowest BCUT2D eigenvalue weighted by atomic mass is 10.0. The molecule has 8 heteroatoms. The lowest BCUT2D eigenvalue weighted by Gasteiger charge is -2.26. The van der Waals surface area contributed by atoms with E-state index in [2.05, 4.69) is 15.4 Å². The van der Waals surface area contributed by atoms with Gasteiger partial charge in [0, 0.05) is 18.0 Å². The minimum Gasteiger partial charge on any atom is -0.377 e. The van der Waals surface area contributed by atoms with E-state index in [1.54, 1.807) is 42.0 Å². The van der Waals surface area contributed by atoms with E-state index >= 15 is 0 Å². The highest BCUT2D eigenvalue weighted by Gasteiger charge is 2.27. The van der Waals surface area contributed by atoms with Gasteiger partial charge in [-0.1, -0.05) is 0 Å². The molecule has 0 fully saturated rings. The molecule has 3 aromatic heterocycles. The summed E-state index contributed by atoms with van der Waals surface area (Å²) in [6.45, 7) is 4.60. The first kappa shape index (κ1) is 18.3. The minimum absolute atomic E-state index is 0.177. The van der Waals surface area contributed by atoms with Gasteiger partial charge in [-0.25, -0.2) is 13.9 Å². The molecule has 0 saturated heterocycles. The number of rotatable bonds is 5. The number of primary amides is 1. The third kappa shape index (κ3) is 3.58. The quantitative estimate of drug-likeness (QED) is 0.721. The normalized spacial score (nSPS) is 12.6. The number of alkyl halides is 1. The summed E-state index contributed by atoms with van der Waals surface area (Å²) >= 11 is 0. The number of nitrogens with one attached hydrogen (secondary N) is 1. The number of carbonyl (C=O) groups is 1. The zero-order valence-corrected chi connectivity index (χ0v) is 15.2. The summed E-state index contributed by atoms with van der Waals surface area (Å²) in [5.74, 6) is -0.658. The highest BCUT2D eigenvalue weighted by Crippen LogP contribution is 2.30. The van der Waals surface area contributed by atoms with Crippen molar-refractivity contribution in [3.05, 3.63) is 48.0 Å². The van der Waals surface area contributed by atoms with Gasteiger partial charge in [-0.05, 0) is 44.5 Å². The number of nitrogens with zero attached hydrogens (tertiary/aromatic N) is 4. The average Bonchev–Trinajstić information content (AvgIpc) is 3.05. The number of anilines is 1. The van der Waals surface area contributed by atoms with E-state index in [4.69, 9.17) is 11.0 Å². The molecule has 0 aliphatic rings. The molecule has 0 saturated carbocycles. The molecular formula is C19H19FN6O. The van der Waals surface area contributed by atoms with Crippen molar-refractivity contribution in [3.63, 3.8) is 0 Å². The molecule has 7 nitrogen and oxygen atoms in total. The number of amides is 1. The van der Waals surface area contributed by atoms with Gasteiger partial charge in [-0.2, -0.15) is 10.4 Å². The van der Waals surface area contributed by atoms with Gasteiger partial charge < -0.3 is 11.1 Å². The maximum atomic E-state index is 14.3. The van der Waals surface area contributed by atoms with Crippen molar-refractivity contribution in [1.29, 1.82) is 5.26 Å². The van der Waals surface area contributed by atoms with Crippen molar-refractivity contribution >= 4 is 17.1 Å². The molecule has 3 aromatic rings. The molecule has 1 amide bonds. The highest BCUT2D eigenvalue weighted by atomic mass is 19.1. The SMILES string of the molecule is CC(Nc1c(C(N)=O)cnn2cc(-c3ccnc(C#N)c3)cc12)C(C)(C)F. The third-order valence-corrected chi connectivity index (χ3v) is 4.50. The summed E-state index contributed by atoms with van der Waals surface area (Å²) in [7, 11) is 0. The molecule has 138 valence electrons. The van der Waals surface area contributed by atoms with E-state index in [1.165, 1.54) is 20.0 Å². The van der Waals surface area contributed by atoms with Crippen LogP contribution in [0.15, 0.2) is 36.8 Å². The number of nitrogens with two attached hydrogens (primary N) is 1. The zero-order chi connectivity index (χ0) is 19.8. The van der Waals surface area contributed by atoms with Gasteiger partial charge in [0.15, 0.2) is 0 Å². The summed E-state index contributed by atoms with van der Waals surface area (Å²) in [5, 5.41) is 16.3. The molecule has 3 N–H and O–H groups in total. The number of halogens is 1. The maximum absolute atomic E-state index is 14.3. The van der Waals surface area contributed by atoms with Crippen molar-refractivity contribution in [1.82, 2.24) is 14.6 Å². The summed E-state index contributed by atoms with van der Waals surface area (Å²) in [4.78, 5) is 15.8. The van der Waals surface area contributed by atoms with E-state index in [0.717, 1.165) is 11.1 Å². The van der Waals surface area contributed by atoms with Crippen LogP contribution in [0.25, 0.3) is 16.6 Å². The molecule has 0 spiro atoms. The van der Waals surface area contributed by atoms with Crippen LogP contribution in [0.1, 0.15) is 36.8 Å². The van der Waals surface area contributed by atoms with E-state index in [1.807, 2.05) is 6.07 Å². The molecule has 1 unspecified atom stereocenters. The second-order valence-electron chi connectivity index (χ2n) is 6.83.